The van der Waals surface area contributed by atoms with Crippen molar-refractivity contribution < 1.29 is 9.32 Å². The van der Waals surface area contributed by atoms with Crippen molar-refractivity contribution >= 4 is 21.8 Å². The van der Waals surface area contributed by atoms with E-state index >= 15 is 0 Å². The molecule has 1 heterocycles. The highest BCUT2D eigenvalue weighted by Crippen LogP contribution is 2.26. The van der Waals surface area contributed by atoms with E-state index in [9.17, 15) is 4.79 Å². The predicted octanol–water partition coefficient (Wildman–Crippen LogP) is 2.37. The zero-order chi connectivity index (χ0) is 11.5. The van der Waals surface area contributed by atoms with E-state index in [4.69, 9.17) is 4.52 Å². The maximum atomic E-state index is 12.2. The number of aryl methyl sites for hydroxylation is 1. The molecule has 0 N–H and O–H groups in total. The molecule has 1 aliphatic rings. The molecule has 1 saturated carbocycles. The molecule has 0 unspecified atom stereocenters. The van der Waals surface area contributed by atoms with Crippen molar-refractivity contribution in [3.63, 3.8) is 0 Å². The number of rotatable bonds is 4. The van der Waals surface area contributed by atoms with Gasteiger partial charge in [0.25, 0.3) is 5.91 Å². The van der Waals surface area contributed by atoms with Crippen molar-refractivity contribution in [1.82, 2.24) is 10.1 Å². The zero-order valence-electron chi connectivity index (χ0n) is 9.28. The van der Waals surface area contributed by atoms with Gasteiger partial charge in [0.05, 0.1) is 5.69 Å². The highest BCUT2D eigenvalue weighted by atomic mass is 79.9. The number of halogens is 1. The molecular weight excluding hydrogens is 272 g/mol. The lowest BCUT2D eigenvalue weighted by molar-refractivity contribution is 0.0558. The first-order chi connectivity index (χ1) is 7.72. The highest BCUT2D eigenvalue weighted by Gasteiger charge is 2.30. The summed E-state index contributed by atoms with van der Waals surface area (Å²) in [5.41, 5.74) is 0.746. The Labute approximate surface area is 103 Å². The number of hydrogen-bond donors (Lipinski definition) is 0. The van der Waals surface area contributed by atoms with Crippen LogP contribution >= 0.6 is 15.9 Å². The van der Waals surface area contributed by atoms with E-state index in [1.807, 2.05) is 11.8 Å². The fraction of sp³-hybridized carbons (Fsp3) is 0.636. The van der Waals surface area contributed by atoms with Crippen molar-refractivity contribution in [2.24, 2.45) is 0 Å². The third-order valence-corrected chi connectivity index (χ3v) is 3.30. The molecule has 4 nitrogen and oxygen atoms in total. The molecule has 5 heteroatoms. The lowest BCUT2D eigenvalue weighted by Gasteiger charge is -2.36. The van der Waals surface area contributed by atoms with Crippen LogP contribution in [0.3, 0.4) is 0 Å². The molecule has 16 heavy (non-hydrogen) atoms. The number of nitrogens with zero attached hydrogens (tertiary/aromatic N) is 2. The van der Waals surface area contributed by atoms with Crippen LogP contribution in [0.1, 0.15) is 35.5 Å². The van der Waals surface area contributed by atoms with Crippen LogP contribution in [0.2, 0.25) is 0 Å². The first-order valence-corrected chi connectivity index (χ1v) is 6.65. The van der Waals surface area contributed by atoms with Gasteiger partial charge < -0.3 is 9.42 Å². The largest absolute Gasteiger partial charge is 0.351 e. The summed E-state index contributed by atoms with van der Waals surface area (Å²) in [6.07, 6.45) is 3.42. The second-order valence-corrected chi connectivity index (χ2v) is 4.90. The summed E-state index contributed by atoms with van der Waals surface area (Å²) < 4.78 is 5.02. The van der Waals surface area contributed by atoms with Gasteiger partial charge in [-0.15, -0.1) is 0 Å². The van der Waals surface area contributed by atoms with Crippen LogP contribution in [0.5, 0.6) is 0 Å². The molecule has 0 atom stereocenters. The van der Waals surface area contributed by atoms with Crippen molar-refractivity contribution in [1.29, 1.82) is 0 Å². The molecule has 0 radical (unpaired) electrons. The number of aromatic nitrogens is 1. The molecule has 0 bridgehead atoms. The second kappa shape index (κ2) is 4.99. The summed E-state index contributed by atoms with van der Waals surface area (Å²) in [7, 11) is 0. The van der Waals surface area contributed by atoms with Crippen molar-refractivity contribution in [3.8, 4) is 0 Å². The lowest BCUT2D eigenvalue weighted by Crippen LogP contribution is -2.45. The van der Waals surface area contributed by atoms with Gasteiger partial charge in [-0.1, -0.05) is 21.1 Å². The fourth-order valence-electron chi connectivity index (χ4n) is 1.85. The van der Waals surface area contributed by atoms with Crippen LogP contribution in [0, 0.1) is 6.92 Å². The minimum atomic E-state index is -0.0373. The first kappa shape index (κ1) is 11.6. The van der Waals surface area contributed by atoms with E-state index in [0.29, 0.717) is 11.8 Å². The van der Waals surface area contributed by atoms with Crippen LogP contribution in [0.15, 0.2) is 10.6 Å². The quantitative estimate of drug-likeness (QED) is 0.799. The summed E-state index contributed by atoms with van der Waals surface area (Å²) in [5.74, 6) is 0.315. The Bertz CT molecular complexity index is 374. The number of carbonyl (C=O) groups excluding carboxylic acids is 1. The SMILES string of the molecule is Cc1cc(C(=O)N(CCBr)C2CCC2)on1. The predicted molar refractivity (Wildman–Crippen MR) is 63.7 cm³/mol. The zero-order valence-corrected chi connectivity index (χ0v) is 10.9. The van der Waals surface area contributed by atoms with Crippen LogP contribution in [-0.2, 0) is 0 Å². The standard InChI is InChI=1S/C11H15BrN2O2/c1-8-7-10(16-13-8)11(15)14(6-5-12)9-3-2-4-9/h7,9H,2-6H2,1H3. The molecule has 88 valence electrons. The average Bonchev–Trinajstić information content (AvgIpc) is 2.60. The van der Waals surface area contributed by atoms with Gasteiger partial charge in [0.15, 0.2) is 0 Å². The molecule has 1 fully saturated rings. The van der Waals surface area contributed by atoms with Crippen molar-refractivity contribution in [3.05, 3.63) is 17.5 Å². The number of alkyl halides is 1. The van der Waals surface area contributed by atoms with Gasteiger partial charge in [-0.05, 0) is 26.2 Å². The Kier molecular flexibility index (Phi) is 3.63. The van der Waals surface area contributed by atoms with Crippen molar-refractivity contribution in [2.75, 3.05) is 11.9 Å². The molecule has 2 rings (SSSR count). The smallest absolute Gasteiger partial charge is 0.292 e. The molecule has 1 amide bonds. The minimum absolute atomic E-state index is 0.0373. The van der Waals surface area contributed by atoms with E-state index in [0.717, 1.165) is 30.4 Å². The van der Waals surface area contributed by atoms with E-state index in [1.54, 1.807) is 6.07 Å². The summed E-state index contributed by atoms with van der Waals surface area (Å²) in [6.45, 7) is 2.54. The summed E-state index contributed by atoms with van der Waals surface area (Å²) in [5, 5.41) is 4.54. The maximum absolute atomic E-state index is 12.2. The van der Waals surface area contributed by atoms with Crippen LogP contribution in [0.25, 0.3) is 0 Å². The first-order valence-electron chi connectivity index (χ1n) is 5.52. The van der Waals surface area contributed by atoms with Gasteiger partial charge in [-0.3, -0.25) is 4.79 Å². The summed E-state index contributed by atoms with van der Waals surface area (Å²) in [4.78, 5) is 14.0. The summed E-state index contributed by atoms with van der Waals surface area (Å²) >= 11 is 3.38. The Morgan fingerprint density at radius 1 is 1.69 bits per heavy atom. The van der Waals surface area contributed by atoms with Crippen LogP contribution in [-0.4, -0.2) is 33.9 Å². The van der Waals surface area contributed by atoms with E-state index in [1.165, 1.54) is 6.42 Å². The van der Waals surface area contributed by atoms with Gasteiger partial charge in [-0.25, -0.2) is 0 Å². The van der Waals surface area contributed by atoms with E-state index in [2.05, 4.69) is 21.1 Å². The molecule has 0 aliphatic heterocycles. The topological polar surface area (TPSA) is 46.3 Å². The third kappa shape index (κ3) is 2.29. The van der Waals surface area contributed by atoms with E-state index < -0.39 is 0 Å². The van der Waals surface area contributed by atoms with Crippen LogP contribution in [0.4, 0.5) is 0 Å². The van der Waals surface area contributed by atoms with Gasteiger partial charge in [0.2, 0.25) is 5.76 Å². The van der Waals surface area contributed by atoms with Crippen molar-refractivity contribution in [2.45, 2.75) is 32.2 Å². The third-order valence-electron chi connectivity index (χ3n) is 2.94. The molecular formula is C11H15BrN2O2. The lowest BCUT2D eigenvalue weighted by atomic mass is 9.91. The van der Waals surface area contributed by atoms with Gasteiger partial charge >= 0.3 is 0 Å². The van der Waals surface area contributed by atoms with E-state index in [-0.39, 0.29) is 5.91 Å². The fourth-order valence-corrected chi connectivity index (χ4v) is 2.23. The average molecular weight is 287 g/mol. The van der Waals surface area contributed by atoms with Crippen LogP contribution < -0.4 is 0 Å². The molecule has 0 spiro atoms. The number of hydrogen-bond acceptors (Lipinski definition) is 3. The normalized spacial score (nSPS) is 15.9. The molecule has 1 aliphatic carbocycles. The second-order valence-electron chi connectivity index (χ2n) is 4.10. The highest BCUT2D eigenvalue weighted by molar-refractivity contribution is 9.09. The molecule has 0 aromatic carbocycles. The molecule has 1 aromatic heterocycles. The summed E-state index contributed by atoms with van der Waals surface area (Å²) in [6, 6.07) is 2.08. The number of amides is 1. The van der Waals surface area contributed by atoms with Gasteiger partial charge in [0.1, 0.15) is 0 Å². The monoisotopic (exact) mass is 286 g/mol. The Morgan fingerprint density at radius 2 is 2.44 bits per heavy atom. The Hall–Kier alpha value is -0.840. The minimum Gasteiger partial charge on any atom is -0.351 e. The molecule has 0 saturated heterocycles. The van der Waals surface area contributed by atoms with Gasteiger partial charge in [0, 0.05) is 24.0 Å². The van der Waals surface area contributed by atoms with Gasteiger partial charge in [-0.2, -0.15) is 0 Å². The Balaban J connectivity index is 2.09. The molecule has 1 aromatic rings. The number of carbonyl (C=O) groups is 1. The maximum Gasteiger partial charge on any atom is 0.292 e. The Morgan fingerprint density at radius 3 is 2.88 bits per heavy atom.